The minimum atomic E-state index is -0.441. The fourth-order valence-corrected chi connectivity index (χ4v) is 3.33. The molecule has 0 unspecified atom stereocenters. The molecule has 0 amide bonds. The van der Waals surface area contributed by atoms with Gasteiger partial charge in [0.1, 0.15) is 22.7 Å². The first-order valence-electron chi connectivity index (χ1n) is 10.9. The first-order valence-corrected chi connectivity index (χ1v) is 11.4. The summed E-state index contributed by atoms with van der Waals surface area (Å²) in [6, 6.07) is 3.97. The largest absolute Gasteiger partial charge is 0.487 e. The first kappa shape index (κ1) is 25.8. The Labute approximate surface area is 198 Å². The van der Waals surface area contributed by atoms with Gasteiger partial charge in [0, 0.05) is 15.8 Å². The van der Waals surface area contributed by atoms with Gasteiger partial charge in [-0.3, -0.25) is 4.79 Å². The van der Waals surface area contributed by atoms with Gasteiger partial charge in [-0.2, -0.15) is 0 Å². The summed E-state index contributed by atoms with van der Waals surface area (Å²) in [4.78, 5) is 13.6. The van der Waals surface area contributed by atoms with Crippen LogP contribution >= 0.6 is 12.2 Å². The van der Waals surface area contributed by atoms with E-state index in [1.807, 2.05) is 78.0 Å². The van der Waals surface area contributed by atoms with Crippen molar-refractivity contribution in [2.45, 2.75) is 72.0 Å². The second-order valence-electron chi connectivity index (χ2n) is 10.6. The third-order valence-electron chi connectivity index (χ3n) is 4.86. The van der Waals surface area contributed by atoms with Crippen molar-refractivity contribution in [2.75, 3.05) is 0 Å². The molecule has 0 heterocycles. The molecule has 0 N–H and O–H groups in total. The third-order valence-corrected chi connectivity index (χ3v) is 5.14. The molecule has 172 valence electrons. The molecule has 0 atom stereocenters. The predicted molar refractivity (Wildman–Crippen MR) is 139 cm³/mol. The standard InChI is InChI=1S/C28H36O3S/c1-10-28(8,9)22-16-18-24(30-26(2,3)4)21(25(22)31-27(5,6)7)15-17-23(29)19-11-13-20(32)14-12-19/h10-19H,1H2,2-9H3/b17-15+. The monoisotopic (exact) mass is 452 g/mol. The van der Waals surface area contributed by atoms with E-state index in [0.29, 0.717) is 11.5 Å². The number of ether oxygens (including phenoxy) is 2. The van der Waals surface area contributed by atoms with Crippen molar-refractivity contribution in [1.82, 2.24) is 0 Å². The summed E-state index contributed by atoms with van der Waals surface area (Å²) in [5.74, 6) is 1.01. The van der Waals surface area contributed by atoms with Gasteiger partial charge >= 0.3 is 0 Å². The van der Waals surface area contributed by atoms with Crippen LogP contribution in [0.5, 0.6) is 11.5 Å². The van der Waals surface area contributed by atoms with Crippen LogP contribution in [0.2, 0.25) is 0 Å². The summed E-state index contributed by atoms with van der Waals surface area (Å²) in [7, 11) is 0. The molecule has 1 aromatic rings. The van der Waals surface area contributed by atoms with Crippen molar-refractivity contribution in [2.24, 2.45) is 5.92 Å². The molecule has 0 spiro atoms. The number of allylic oxidation sites excluding steroid dienone is 6. The number of hydrogen-bond donors (Lipinski definition) is 0. The molecule has 0 bridgehead atoms. The van der Waals surface area contributed by atoms with Gasteiger partial charge in [0.05, 0.1) is 11.5 Å². The zero-order valence-corrected chi connectivity index (χ0v) is 21.4. The van der Waals surface area contributed by atoms with E-state index in [9.17, 15) is 4.79 Å². The Morgan fingerprint density at radius 1 is 0.969 bits per heavy atom. The molecule has 0 saturated heterocycles. The average molecular weight is 453 g/mol. The van der Waals surface area contributed by atoms with Crippen molar-refractivity contribution < 1.29 is 14.3 Å². The van der Waals surface area contributed by atoms with Gasteiger partial charge in [-0.25, -0.2) is 0 Å². The highest BCUT2D eigenvalue weighted by atomic mass is 32.1. The van der Waals surface area contributed by atoms with Crippen LogP contribution in [0.15, 0.2) is 55.2 Å². The molecule has 3 nitrogen and oxygen atoms in total. The minimum Gasteiger partial charge on any atom is -0.487 e. The van der Waals surface area contributed by atoms with Gasteiger partial charge < -0.3 is 9.47 Å². The van der Waals surface area contributed by atoms with E-state index in [1.54, 1.807) is 18.2 Å². The fraction of sp³-hybridized carbons (Fsp3) is 0.429. The van der Waals surface area contributed by atoms with Crippen molar-refractivity contribution in [3.05, 3.63) is 66.3 Å². The van der Waals surface area contributed by atoms with E-state index in [1.165, 1.54) is 0 Å². The van der Waals surface area contributed by atoms with Gasteiger partial charge in [-0.05, 0) is 71.9 Å². The number of thiocarbonyl (C=S) groups is 1. The summed E-state index contributed by atoms with van der Waals surface area (Å²) < 4.78 is 12.7. The zero-order chi connectivity index (χ0) is 24.3. The molecular formula is C28H36O3S. The van der Waals surface area contributed by atoms with Crippen LogP contribution < -0.4 is 9.47 Å². The highest BCUT2D eigenvalue weighted by molar-refractivity contribution is 7.81. The summed E-state index contributed by atoms with van der Waals surface area (Å²) >= 11 is 5.14. The number of ketones is 1. The molecule has 0 fully saturated rings. The van der Waals surface area contributed by atoms with E-state index in [2.05, 4.69) is 20.4 Å². The maximum atomic E-state index is 12.9. The molecule has 1 aromatic carbocycles. The second-order valence-corrected chi connectivity index (χ2v) is 11.1. The Kier molecular flexibility index (Phi) is 7.72. The van der Waals surface area contributed by atoms with E-state index in [-0.39, 0.29) is 17.1 Å². The van der Waals surface area contributed by atoms with Crippen LogP contribution in [0, 0.1) is 5.92 Å². The number of hydrogen-bond acceptors (Lipinski definition) is 4. The molecule has 2 rings (SSSR count). The molecule has 0 radical (unpaired) electrons. The highest BCUT2D eigenvalue weighted by Crippen LogP contribution is 2.42. The Morgan fingerprint density at radius 2 is 1.53 bits per heavy atom. The van der Waals surface area contributed by atoms with Crippen molar-refractivity contribution in [3.8, 4) is 11.5 Å². The number of rotatable bonds is 7. The number of carbonyl (C=O) groups excluding carboxylic acids is 1. The van der Waals surface area contributed by atoms with Gasteiger partial charge in [-0.15, -0.1) is 6.58 Å². The molecule has 0 saturated carbocycles. The summed E-state index contributed by atoms with van der Waals surface area (Å²) in [5, 5.41) is 0. The Balaban J connectivity index is 2.66. The summed E-state index contributed by atoms with van der Waals surface area (Å²) in [6.45, 7) is 20.2. The Morgan fingerprint density at radius 3 is 2.03 bits per heavy atom. The van der Waals surface area contributed by atoms with Gasteiger partial charge in [0.2, 0.25) is 0 Å². The van der Waals surface area contributed by atoms with E-state index in [0.717, 1.165) is 16.0 Å². The van der Waals surface area contributed by atoms with Gasteiger partial charge in [0.25, 0.3) is 0 Å². The smallest absolute Gasteiger partial charge is 0.166 e. The minimum absolute atomic E-state index is 0.0307. The summed E-state index contributed by atoms with van der Waals surface area (Å²) in [6.07, 6.45) is 12.5. The average Bonchev–Trinajstić information content (AvgIpc) is 2.65. The van der Waals surface area contributed by atoms with Gasteiger partial charge in [0.15, 0.2) is 5.78 Å². The molecule has 1 aliphatic rings. The lowest BCUT2D eigenvalue weighted by Crippen LogP contribution is -2.27. The molecule has 1 aliphatic carbocycles. The Bertz CT molecular complexity index is 963. The number of carbonyl (C=O) groups is 1. The normalized spacial score (nSPS) is 15.3. The molecule has 0 aliphatic heterocycles. The summed E-state index contributed by atoms with van der Waals surface area (Å²) in [5.41, 5.74) is 0.543. The maximum absolute atomic E-state index is 12.9. The maximum Gasteiger partial charge on any atom is 0.166 e. The predicted octanol–water partition coefficient (Wildman–Crippen LogP) is 7.20. The van der Waals surface area contributed by atoms with Crippen LogP contribution in [0.3, 0.4) is 0 Å². The van der Waals surface area contributed by atoms with E-state index in [4.69, 9.17) is 21.7 Å². The molecule has 32 heavy (non-hydrogen) atoms. The lowest BCUT2D eigenvalue weighted by molar-refractivity contribution is -0.115. The van der Waals surface area contributed by atoms with E-state index >= 15 is 0 Å². The Hall–Kier alpha value is -2.46. The van der Waals surface area contributed by atoms with Crippen molar-refractivity contribution in [3.63, 3.8) is 0 Å². The van der Waals surface area contributed by atoms with Crippen LogP contribution in [0.25, 0.3) is 6.08 Å². The lowest BCUT2D eigenvalue weighted by Gasteiger charge is -2.32. The second kappa shape index (κ2) is 9.58. The van der Waals surface area contributed by atoms with Crippen molar-refractivity contribution in [1.29, 1.82) is 0 Å². The molecular weight excluding hydrogens is 416 g/mol. The van der Waals surface area contributed by atoms with Gasteiger partial charge in [-0.1, -0.05) is 50.4 Å². The van der Waals surface area contributed by atoms with Crippen molar-refractivity contribution >= 4 is 28.9 Å². The molecule has 0 aromatic heterocycles. The van der Waals surface area contributed by atoms with Crippen LogP contribution in [0.1, 0.15) is 66.5 Å². The van der Waals surface area contributed by atoms with Crippen LogP contribution in [0.4, 0.5) is 0 Å². The third kappa shape index (κ3) is 7.03. The fourth-order valence-electron chi connectivity index (χ4n) is 3.17. The van der Waals surface area contributed by atoms with Crippen LogP contribution in [-0.2, 0) is 10.2 Å². The SMILES string of the molecule is C=CC(C)(C)c1ccc(OC(C)(C)C)c(/C=C/C(=O)C2C=CC(=S)C=C2)c1OC(C)(C)C. The van der Waals surface area contributed by atoms with Crippen LogP contribution in [-0.4, -0.2) is 21.8 Å². The lowest BCUT2D eigenvalue weighted by atomic mass is 9.82. The quantitative estimate of drug-likeness (QED) is 0.249. The molecule has 4 heteroatoms. The first-order chi connectivity index (χ1) is 14.6. The topological polar surface area (TPSA) is 35.5 Å². The van der Waals surface area contributed by atoms with E-state index < -0.39 is 11.2 Å². The zero-order valence-electron chi connectivity index (χ0n) is 20.6. The highest BCUT2D eigenvalue weighted by Gasteiger charge is 2.29. The number of benzene rings is 1.